The number of terminal acetylenes is 1. The molecule has 0 aromatic heterocycles. The zero-order valence-corrected chi connectivity index (χ0v) is 9.99. The highest BCUT2D eigenvalue weighted by Gasteiger charge is 2.21. The summed E-state index contributed by atoms with van der Waals surface area (Å²) in [4.78, 5) is 11.6. The molecule has 0 aliphatic heterocycles. The molecular formula is C12H12ClNO3. The molecule has 1 unspecified atom stereocenters. The number of nitrogens with one attached hydrogen (secondary N) is 1. The fourth-order valence-electron chi connectivity index (χ4n) is 1.32. The molecule has 17 heavy (non-hydrogen) atoms. The summed E-state index contributed by atoms with van der Waals surface area (Å²) in [7, 11) is 1.29. The van der Waals surface area contributed by atoms with Crippen molar-refractivity contribution in [3.63, 3.8) is 0 Å². The minimum Gasteiger partial charge on any atom is -0.506 e. The molecule has 90 valence electrons. The van der Waals surface area contributed by atoms with Crippen LogP contribution in [-0.2, 0) is 9.53 Å². The lowest BCUT2D eigenvalue weighted by Gasteiger charge is -2.15. The Labute approximate surface area is 105 Å². The first-order valence-electron chi connectivity index (χ1n) is 4.83. The van der Waals surface area contributed by atoms with Crippen molar-refractivity contribution in [3.8, 4) is 18.1 Å². The molecule has 1 rings (SSSR count). The number of rotatable bonds is 4. The third kappa shape index (κ3) is 3.38. The maximum Gasteiger partial charge on any atom is 0.327 e. The quantitative estimate of drug-likeness (QED) is 0.630. The standard InChI is InChI=1S/C12H12ClNO3/c1-3-6-14-11(12(16)17-2)8-4-5-10(15)9(13)7-8/h1,4-5,7,11,14-15H,6H2,2H3. The van der Waals surface area contributed by atoms with Gasteiger partial charge in [-0.15, -0.1) is 6.42 Å². The normalized spacial score (nSPS) is 11.6. The second-order valence-corrected chi connectivity index (χ2v) is 3.66. The lowest BCUT2D eigenvalue weighted by Crippen LogP contribution is -2.29. The highest BCUT2D eigenvalue weighted by molar-refractivity contribution is 6.32. The monoisotopic (exact) mass is 253 g/mol. The molecule has 4 nitrogen and oxygen atoms in total. The molecule has 0 bridgehead atoms. The Morgan fingerprint density at radius 2 is 2.41 bits per heavy atom. The number of esters is 1. The Morgan fingerprint density at radius 3 is 2.94 bits per heavy atom. The van der Waals surface area contributed by atoms with Gasteiger partial charge in [0.1, 0.15) is 11.8 Å². The number of carbonyl (C=O) groups is 1. The van der Waals surface area contributed by atoms with Gasteiger partial charge in [-0.1, -0.05) is 23.6 Å². The van der Waals surface area contributed by atoms with Crippen molar-refractivity contribution in [2.45, 2.75) is 6.04 Å². The van der Waals surface area contributed by atoms with Crippen LogP contribution in [0.2, 0.25) is 5.02 Å². The highest BCUT2D eigenvalue weighted by Crippen LogP contribution is 2.27. The molecular weight excluding hydrogens is 242 g/mol. The second-order valence-electron chi connectivity index (χ2n) is 3.25. The van der Waals surface area contributed by atoms with E-state index in [9.17, 15) is 9.90 Å². The van der Waals surface area contributed by atoms with E-state index in [0.29, 0.717) is 5.56 Å². The Bertz CT molecular complexity index is 454. The predicted octanol–water partition coefficient (Wildman–Crippen LogP) is 1.48. The average Bonchev–Trinajstić information content (AvgIpc) is 2.33. The van der Waals surface area contributed by atoms with E-state index in [1.807, 2.05) is 0 Å². The molecule has 0 amide bonds. The molecule has 0 fully saturated rings. The summed E-state index contributed by atoms with van der Waals surface area (Å²) < 4.78 is 4.66. The molecule has 2 N–H and O–H groups in total. The van der Waals surface area contributed by atoms with Gasteiger partial charge in [-0.3, -0.25) is 5.32 Å². The first-order chi connectivity index (χ1) is 8.10. The van der Waals surface area contributed by atoms with E-state index in [-0.39, 0.29) is 17.3 Å². The third-order valence-corrected chi connectivity index (χ3v) is 2.45. The zero-order chi connectivity index (χ0) is 12.8. The maximum atomic E-state index is 11.6. The molecule has 0 aliphatic carbocycles. The summed E-state index contributed by atoms with van der Waals surface area (Å²) in [5, 5.41) is 12.3. The van der Waals surface area contributed by atoms with E-state index in [4.69, 9.17) is 18.0 Å². The third-order valence-electron chi connectivity index (χ3n) is 2.15. The Balaban J connectivity index is 3.00. The van der Waals surface area contributed by atoms with E-state index in [2.05, 4.69) is 16.0 Å². The first-order valence-corrected chi connectivity index (χ1v) is 5.21. The Kier molecular flexibility index (Phi) is 4.83. The first kappa shape index (κ1) is 13.4. The van der Waals surface area contributed by atoms with Gasteiger partial charge in [0.25, 0.3) is 0 Å². The van der Waals surface area contributed by atoms with Crippen LogP contribution < -0.4 is 5.32 Å². The SMILES string of the molecule is C#CCNC(C(=O)OC)c1ccc(O)c(Cl)c1. The largest absolute Gasteiger partial charge is 0.506 e. The van der Waals surface area contributed by atoms with Gasteiger partial charge < -0.3 is 9.84 Å². The lowest BCUT2D eigenvalue weighted by molar-refractivity contribution is -0.143. The van der Waals surface area contributed by atoms with Crippen LogP contribution in [0.1, 0.15) is 11.6 Å². The van der Waals surface area contributed by atoms with Crippen LogP contribution in [0.5, 0.6) is 5.75 Å². The van der Waals surface area contributed by atoms with Crippen LogP contribution in [0.4, 0.5) is 0 Å². The van der Waals surface area contributed by atoms with Crippen molar-refractivity contribution in [3.05, 3.63) is 28.8 Å². The zero-order valence-electron chi connectivity index (χ0n) is 9.24. The van der Waals surface area contributed by atoms with Gasteiger partial charge in [-0.25, -0.2) is 4.79 Å². The summed E-state index contributed by atoms with van der Waals surface area (Å²) in [6.07, 6.45) is 5.12. The van der Waals surface area contributed by atoms with Crippen LogP contribution in [0.3, 0.4) is 0 Å². The van der Waals surface area contributed by atoms with E-state index < -0.39 is 12.0 Å². The van der Waals surface area contributed by atoms with E-state index >= 15 is 0 Å². The molecule has 0 heterocycles. The molecule has 1 atom stereocenters. The average molecular weight is 254 g/mol. The number of methoxy groups -OCH3 is 1. The predicted molar refractivity (Wildman–Crippen MR) is 64.7 cm³/mol. The summed E-state index contributed by atoms with van der Waals surface area (Å²) in [6.45, 7) is 0.220. The van der Waals surface area contributed by atoms with Gasteiger partial charge in [0, 0.05) is 0 Å². The van der Waals surface area contributed by atoms with Gasteiger partial charge >= 0.3 is 5.97 Å². The van der Waals surface area contributed by atoms with Crippen molar-refractivity contribution in [1.82, 2.24) is 5.32 Å². The maximum absolute atomic E-state index is 11.6. The minimum absolute atomic E-state index is 0.0454. The summed E-state index contributed by atoms with van der Waals surface area (Å²) in [6, 6.07) is 3.77. The van der Waals surface area contributed by atoms with Crippen molar-refractivity contribution in [2.75, 3.05) is 13.7 Å². The van der Waals surface area contributed by atoms with Crippen LogP contribution in [0, 0.1) is 12.3 Å². The molecule has 1 aromatic carbocycles. The number of ether oxygens (including phenoxy) is 1. The number of phenolic OH excluding ortho intramolecular Hbond substituents is 1. The fourth-order valence-corrected chi connectivity index (χ4v) is 1.51. The molecule has 1 aromatic rings. The Hall–Kier alpha value is -1.70. The van der Waals surface area contributed by atoms with Crippen molar-refractivity contribution < 1.29 is 14.6 Å². The molecule has 0 saturated heterocycles. The number of hydrogen-bond acceptors (Lipinski definition) is 4. The summed E-state index contributed by atoms with van der Waals surface area (Å²) in [5.74, 6) is 1.86. The van der Waals surface area contributed by atoms with Gasteiger partial charge in [-0.05, 0) is 17.7 Å². The molecule has 0 spiro atoms. The fraction of sp³-hybridized carbons (Fsp3) is 0.250. The van der Waals surface area contributed by atoms with Crippen molar-refractivity contribution >= 4 is 17.6 Å². The van der Waals surface area contributed by atoms with E-state index in [1.54, 1.807) is 6.07 Å². The minimum atomic E-state index is -0.700. The number of aromatic hydroxyl groups is 1. The second kappa shape index (κ2) is 6.14. The molecule has 0 radical (unpaired) electrons. The van der Waals surface area contributed by atoms with Gasteiger partial charge in [0.2, 0.25) is 0 Å². The van der Waals surface area contributed by atoms with Gasteiger partial charge in [0.15, 0.2) is 0 Å². The van der Waals surface area contributed by atoms with E-state index in [0.717, 1.165) is 0 Å². The van der Waals surface area contributed by atoms with Crippen LogP contribution >= 0.6 is 11.6 Å². The lowest BCUT2D eigenvalue weighted by atomic mass is 10.1. The number of benzene rings is 1. The van der Waals surface area contributed by atoms with Gasteiger partial charge in [0.05, 0.1) is 18.7 Å². The van der Waals surface area contributed by atoms with E-state index in [1.165, 1.54) is 19.2 Å². The van der Waals surface area contributed by atoms with Crippen molar-refractivity contribution in [1.29, 1.82) is 0 Å². The molecule has 0 aliphatic rings. The number of halogens is 1. The van der Waals surface area contributed by atoms with Crippen molar-refractivity contribution in [2.24, 2.45) is 0 Å². The highest BCUT2D eigenvalue weighted by atomic mass is 35.5. The summed E-state index contributed by atoms with van der Waals surface area (Å²) in [5.41, 5.74) is 0.579. The van der Waals surface area contributed by atoms with Crippen LogP contribution in [-0.4, -0.2) is 24.7 Å². The number of carbonyl (C=O) groups excluding carboxylic acids is 1. The van der Waals surface area contributed by atoms with Gasteiger partial charge in [-0.2, -0.15) is 0 Å². The number of phenols is 1. The topological polar surface area (TPSA) is 58.6 Å². The molecule has 5 heteroatoms. The smallest absolute Gasteiger partial charge is 0.327 e. The van der Waals surface area contributed by atoms with Crippen LogP contribution in [0.15, 0.2) is 18.2 Å². The van der Waals surface area contributed by atoms with Crippen LogP contribution in [0.25, 0.3) is 0 Å². The Morgan fingerprint density at radius 1 is 1.71 bits per heavy atom. The summed E-state index contributed by atoms with van der Waals surface area (Å²) >= 11 is 5.77. The number of hydrogen-bond donors (Lipinski definition) is 2. The molecule has 0 saturated carbocycles.